The molecule has 0 heterocycles. The molecule has 0 saturated heterocycles. The molecular formula is C19H33IN4O. The van der Waals surface area contributed by atoms with Gasteiger partial charge in [0.25, 0.3) is 0 Å². The first-order valence-corrected chi connectivity index (χ1v) is 9.06. The van der Waals surface area contributed by atoms with Gasteiger partial charge in [-0.3, -0.25) is 4.99 Å². The SMILES string of the molecule is CN=C(NCCOCc1ccccc1)NCCN(C)C1CCCC1.I. The lowest BCUT2D eigenvalue weighted by Crippen LogP contribution is -2.43. The molecule has 0 spiro atoms. The van der Waals surface area contributed by atoms with Crippen LogP contribution in [0.15, 0.2) is 35.3 Å². The molecule has 6 heteroatoms. The topological polar surface area (TPSA) is 48.9 Å². The number of hydrogen-bond donors (Lipinski definition) is 2. The number of halogens is 1. The molecule has 142 valence electrons. The van der Waals surface area contributed by atoms with Crippen molar-refractivity contribution < 1.29 is 4.74 Å². The van der Waals surface area contributed by atoms with E-state index in [-0.39, 0.29) is 24.0 Å². The van der Waals surface area contributed by atoms with E-state index in [0.29, 0.717) is 13.2 Å². The quantitative estimate of drug-likeness (QED) is 0.258. The third-order valence-electron chi connectivity index (χ3n) is 4.58. The summed E-state index contributed by atoms with van der Waals surface area (Å²) in [5, 5.41) is 6.67. The Kier molecular flexibility index (Phi) is 11.9. The van der Waals surface area contributed by atoms with Crippen LogP contribution in [0.3, 0.4) is 0 Å². The van der Waals surface area contributed by atoms with E-state index in [0.717, 1.165) is 31.6 Å². The number of rotatable bonds is 9. The van der Waals surface area contributed by atoms with E-state index in [1.165, 1.54) is 31.2 Å². The van der Waals surface area contributed by atoms with E-state index in [9.17, 15) is 0 Å². The minimum Gasteiger partial charge on any atom is -0.375 e. The molecule has 0 aromatic heterocycles. The zero-order valence-electron chi connectivity index (χ0n) is 15.5. The number of benzene rings is 1. The second-order valence-electron chi connectivity index (χ2n) is 6.38. The summed E-state index contributed by atoms with van der Waals surface area (Å²) in [6.45, 7) is 4.04. The van der Waals surface area contributed by atoms with Crippen molar-refractivity contribution in [1.29, 1.82) is 0 Å². The lowest BCUT2D eigenvalue weighted by atomic mass is 10.2. The Labute approximate surface area is 169 Å². The predicted molar refractivity (Wildman–Crippen MR) is 116 cm³/mol. The minimum absolute atomic E-state index is 0. The first-order valence-electron chi connectivity index (χ1n) is 9.06. The number of likely N-dealkylation sites (N-methyl/N-ethyl adjacent to an activating group) is 1. The van der Waals surface area contributed by atoms with E-state index in [1.807, 2.05) is 18.2 Å². The summed E-state index contributed by atoms with van der Waals surface area (Å²) in [5.41, 5.74) is 1.20. The molecule has 2 rings (SSSR count). The predicted octanol–water partition coefficient (Wildman–Crippen LogP) is 2.86. The number of guanidine groups is 1. The third-order valence-corrected chi connectivity index (χ3v) is 4.58. The maximum Gasteiger partial charge on any atom is 0.191 e. The molecular weight excluding hydrogens is 427 g/mol. The highest BCUT2D eigenvalue weighted by Gasteiger charge is 2.18. The van der Waals surface area contributed by atoms with Gasteiger partial charge in [0, 0.05) is 32.7 Å². The summed E-state index contributed by atoms with van der Waals surface area (Å²) in [5.74, 6) is 0.845. The van der Waals surface area contributed by atoms with Crippen LogP contribution in [-0.2, 0) is 11.3 Å². The Morgan fingerprint density at radius 3 is 2.52 bits per heavy atom. The Balaban J connectivity index is 0.00000312. The molecule has 1 aromatic rings. The molecule has 25 heavy (non-hydrogen) atoms. The van der Waals surface area contributed by atoms with Gasteiger partial charge in [-0.25, -0.2) is 0 Å². The summed E-state index contributed by atoms with van der Waals surface area (Å²) < 4.78 is 5.67. The van der Waals surface area contributed by atoms with Crippen LogP contribution in [0.1, 0.15) is 31.2 Å². The number of hydrogen-bond acceptors (Lipinski definition) is 3. The van der Waals surface area contributed by atoms with Crippen molar-refractivity contribution in [2.75, 3.05) is 40.3 Å². The fourth-order valence-electron chi connectivity index (χ4n) is 3.10. The molecule has 2 N–H and O–H groups in total. The number of nitrogens with one attached hydrogen (secondary N) is 2. The lowest BCUT2D eigenvalue weighted by Gasteiger charge is -2.24. The van der Waals surface area contributed by atoms with Gasteiger partial charge in [0.05, 0.1) is 13.2 Å². The average molecular weight is 460 g/mol. The molecule has 0 aliphatic heterocycles. The first kappa shape index (κ1) is 22.2. The Morgan fingerprint density at radius 1 is 1.16 bits per heavy atom. The molecule has 0 amide bonds. The molecule has 0 radical (unpaired) electrons. The van der Waals surface area contributed by atoms with Crippen molar-refractivity contribution in [2.45, 2.75) is 38.3 Å². The fraction of sp³-hybridized carbons (Fsp3) is 0.632. The third kappa shape index (κ3) is 8.87. The van der Waals surface area contributed by atoms with Crippen LogP contribution in [-0.4, -0.2) is 57.2 Å². The number of ether oxygens (including phenoxy) is 1. The Bertz CT molecular complexity index is 478. The van der Waals surface area contributed by atoms with Gasteiger partial charge >= 0.3 is 0 Å². The van der Waals surface area contributed by atoms with E-state index >= 15 is 0 Å². The smallest absolute Gasteiger partial charge is 0.191 e. The van der Waals surface area contributed by atoms with E-state index < -0.39 is 0 Å². The molecule has 5 nitrogen and oxygen atoms in total. The van der Waals surface area contributed by atoms with E-state index in [4.69, 9.17) is 4.74 Å². The zero-order valence-corrected chi connectivity index (χ0v) is 17.9. The molecule has 1 fully saturated rings. The van der Waals surface area contributed by atoms with Crippen LogP contribution < -0.4 is 10.6 Å². The van der Waals surface area contributed by atoms with Gasteiger partial charge in [-0.2, -0.15) is 0 Å². The van der Waals surface area contributed by atoms with Gasteiger partial charge in [-0.05, 0) is 25.5 Å². The normalized spacial score (nSPS) is 15.2. The van der Waals surface area contributed by atoms with Crippen LogP contribution >= 0.6 is 24.0 Å². The monoisotopic (exact) mass is 460 g/mol. The maximum absolute atomic E-state index is 5.67. The first-order chi connectivity index (χ1) is 11.8. The zero-order chi connectivity index (χ0) is 17.0. The lowest BCUT2D eigenvalue weighted by molar-refractivity contribution is 0.125. The Morgan fingerprint density at radius 2 is 1.84 bits per heavy atom. The standard InChI is InChI=1S/C19H32N4O.HI/c1-20-19(21-12-14-23(2)18-10-6-7-11-18)22-13-15-24-16-17-8-4-3-5-9-17;/h3-5,8-9,18H,6-7,10-16H2,1-2H3,(H2,20,21,22);1H. The number of nitrogens with zero attached hydrogens (tertiary/aromatic N) is 2. The highest BCUT2D eigenvalue weighted by atomic mass is 127. The summed E-state index contributed by atoms with van der Waals surface area (Å²) in [4.78, 5) is 6.73. The van der Waals surface area contributed by atoms with Crippen molar-refractivity contribution in [2.24, 2.45) is 4.99 Å². The largest absolute Gasteiger partial charge is 0.375 e. The average Bonchev–Trinajstić information content (AvgIpc) is 3.15. The van der Waals surface area contributed by atoms with Crippen molar-refractivity contribution in [3.8, 4) is 0 Å². The highest BCUT2D eigenvalue weighted by Crippen LogP contribution is 2.21. The van der Waals surface area contributed by atoms with Gasteiger partial charge in [-0.15, -0.1) is 24.0 Å². The summed E-state index contributed by atoms with van der Waals surface area (Å²) in [6, 6.07) is 11.0. The molecule has 1 aliphatic rings. The second kappa shape index (κ2) is 13.4. The van der Waals surface area contributed by atoms with Gasteiger partial charge in [0.15, 0.2) is 5.96 Å². The van der Waals surface area contributed by atoms with Crippen molar-refractivity contribution in [3.05, 3.63) is 35.9 Å². The van der Waals surface area contributed by atoms with Crippen LogP contribution in [0, 0.1) is 0 Å². The summed E-state index contributed by atoms with van der Waals surface area (Å²) in [7, 11) is 4.03. The van der Waals surface area contributed by atoms with Crippen molar-refractivity contribution >= 4 is 29.9 Å². The molecule has 0 bridgehead atoms. The van der Waals surface area contributed by atoms with Gasteiger partial charge in [0.2, 0.25) is 0 Å². The Hall–Kier alpha value is -0.860. The highest BCUT2D eigenvalue weighted by molar-refractivity contribution is 14.0. The molecule has 0 atom stereocenters. The van der Waals surface area contributed by atoms with Gasteiger partial charge in [0.1, 0.15) is 0 Å². The molecule has 0 unspecified atom stereocenters. The van der Waals surface area contributed by atoms with Crippen LogP contribution in [0.25, 0.3) is 0 Å². The van der Waals surface area contributed by atoms with Crippen LogP contribution in [0.4, 0.5) is 0 Å². The van der Waals surface area contributed by atoms with E-state index in [1.54, 1.807) is 7.05 Å². The van der Waals surface area contributed by atoms with Crippen LogP contribution in [0.5, 0.6) is 0 Å². The summed E-state index contributed by atoms with van der Waals surface area (Å²) >= 11 is 0. The summed E-state index contributed by atoms with van der Waals surface area (Å²) in [6.07, 6.45) is 5.47. The van der Waals surface area contributed by atoms with Gasteiger partial charge < -0.3 is 20.3 Å². The second-order valence-corrected chi connectivity index (χ2v) is 6.38. The maximum atomic E-state index is 5.67. The van der Waals surface area contributed by atoms with Crippen LogP contribution in [0.2, 0.25) is 0 Å². The van der Waals surface area contributed by atoms with Crippen molar-refractivity contribution in [1.82, 2.24) is 15.5 Å². The number of aliphatic imine (C=N–C) groups is 1. The van der Waals surface area contributed by atoms with Crippen molar-refractivity contribution in [3.63, 3.8) is 0 Å². The van der Waals surface area contributed by atoms with E-state index in [2.05, 4.69) is 39.7 Å². The molecule has 1 aliphatic carbocycles. The molecule has 1 saturated carbocycles. The minimum atomic E-state index is 0. The fourth-order valence-corrected chi connectivity index (χ4v) is 3.10. The van der Waals surface area contributed by atoms with Gasteiger partial charge in [-0.1, -0.05) is 43.2 Å². The molecule has 1 aromatic carbocycles.